The maximum absolute atomic E-state index is 12.2. The fourth-order valence-electron chi connectivity index (χ4n) is 3.66. The van der Waals surface area contributed by atoms with Crippen LogP contribution in [0.1, 0.15) is 25.7 Å². The molecule has 0 aliphatic heterocycles. The van der Waals surface area contributed by atoms with E-state index < -0.39 is 9.85 Å². The zero-order valence-corrected chi connectivity index (χ0v) is 20.3. The standard InChI is InChI=1S/C22H22Cl2N4O8/c23-17-7-5-15(9-19(17)27(31)32)35-11-21(29)25-13-1-2-14(4-3-13)26-22(30)12-36-16-6-8-18(24)20(10-16)28(33)34/h5-10,13-14H,1-4,11-12H2,(H,25,29)(H,26,30). The number of hydrogen-bond donors (Lipinski definition) is 2. The molecule has 12 nitrogen and oxygen atoms in total. The van der Waals surface area contributed by atoms with E-state index in [-0.39, 0.29) is 70.0 Å². The van der Waals surface area contributed by atoms with Gasteiger partial charge in [-0.05, 0) is 49.9 Å². The van der Waals surface area contributed by atoms with Crippen molar-refractivity contribution in [3.8, 4) is 11.5 Å². The van der Waals surface area contributed by atoms with Gasteiger partial charge in [-0.15, -0.1) is 0 Å². The number of ether oxygens (including phenoxy) is 2. The Morgan fingerprint density at radius 2 is 1.14 bits per heavy atom. The van der Waals surface area contributed by atoms with Crippen LogP contribution in [0.5, 0.6) is 11.5 Å². The molecular formula is C22H22Cl2N4O8. The highest BCUT2D eigenvalue weighted by atomic mass is 35.5. The van der Waals surface area contributed by atoms with Gasteiger partial charge in [0.05, 0.1) is 22.0 Å². The van der Waals surface area contributed by atoms with Crippen LogP contribution in [0.25, 0.3) is 0 Å². The maximum Gasteiger partial charge on any atom is 0.291 e. The van der Waals surface area contributed by atoms with Crippen molar-refractivity contribution in [2.24, 2.45) is 0 Å². The predicted molar refractivity (Wildman–Crippen MR) is 130 cm³/mol. The second-order valence-electron chi connectivity index (χ2n) is 8.00. The summed E-state index contributed by atoms with van der Waals surface area (Å²) in [5.74, 6) is -0.428. The number of nitrogens with one attached hydrogen (secondary N) is 2. The van der Waals surface area contributed by atoms with E-state index in [1.165, 1.54) is 24.3 Å². The van der Waals surface area contributed by atoms with Crippen molar-refractivity contribution in [1.29, 1.82) is 0 Å². The van der Waals surface area contributed by atoms with Gasteiger partial charge in [-0.2, -0.15) is 0 Å². The second kappa shape index (κ2) is 12.4. The van der Waals surface area contributed by atoms with Crippen LogP contribution < -0.4 is 20.1 Å². The first-order valence-electron chi connectivity index (χ1n) is 10.8. The van der Waals surface area contributed by atoms with Crippen LogP contribution in [0.15, 0.2) is 36.4 Å². The summed E-state index contributed by atoms with van der Waals surface area (Å²) in [6.45, 7) is -0.620. The summed E-state index contributed by atoms with van der Waals surface area (Å²) in [7, 11) is 0. The zero-order chi connectivity index (χ0) is 26.2. The summed E-state index contributed by atoms with van der Waals surface area (Å²) in [4.78, 5) is 45.0. The summed E-state index contributed by atoms with van der Waals surface area (Å²) in [6.07, 6.45) is 2.53. The molecule has 0 heterocycles. The minimum atomic E-state index is -0.637. The summed E-state index contributed by atoms with van der Waals surface area (Å²) in [6, 6.07) is 7.64. The molecule has 0 radical (unpaired) electrons. The van der Waals surface area contributed by atoms with Gasteiger partial charge in [-0.25, -0.2) is 0 Å². The average Bonchev–Trinajstić information content (AvgIpc) is 2.84. The van der Waals surface area contributed by atoms with E-state index in [4.69, 9.17) is 32.7 Å². The van der Waals surface area contributed by atoms with Crippen LogP contribution >= 0.6 is 23.2 Å². The fraction of sp³-hybridized carbons (Fsp3) is 0.364. The number of carbonyl (C=O) groups excluding carboxylic acids is 2. The Balaban J connectivity index is 1.37. The lowest BCUT2D eigenvalue weighted by Gasteiger charge is -2.29. The quantitative estimate of drug-likeness (QED) is 0.339. The average molecular weight is 541 g/mol. The summed E-state index contributed by atoms with van der Waals surface area (Å²) < 4.78 is 10.7. The number of benzene rings is 2. The van der Waals surface area contributed by atoms with Crippen molar-refractivity contribution >= 4 is 46.4 Å². The molecule has 1 aliphatic carbocycles. The van der Waals surface area contributed by atoms with Crippen molar-refractivity contribution in [3.05, 3.63) is 66.7 Å². The highest BCUT2D eigenvalue weighted by Crippen LogP contribution is 2.29. The molecule has 1 aliphatic rings. The van der Waals surface area contributed by atoms with Gasteiger partial charge in [-0.3, -0.25) is 29.8 Å². The molecule has 0 bridgehead atoms. The number of rotatable bonds is 10. The van der Waals surface area contributed by atoms with Gasteiger partial charge < -0.3 is 20.1 Å². The third kappa shape index (κ3) is 7.68. The molecule has 0 aromatic heterocycles. The molecule has 2 N–H and O–H groups in total. The van der Waals surface area contributed by atoms with Gasteiger partial charge in [0.15, 0.2) is 13.2 Å². The lowest BCUT2D eigenvalue weighted by molar-refractivity contribution is -0.384. The van der Waals surface area contributed by atoms with Gasteiger partial charge in [0.1, 0.15) is 21.5 Å². The normalized spacial score (nSPS) is 17.1. The zero-order valence-electron chi connectivity index (χ0n) is 18.8. The molecule has 192 valence electrons. The molecule has 3 rings (SSSR count). The molecular weight excluding hydrogens is 519 g/mol. The van der Waals surface area contributed by atoms with Crippen LogP contribution in [0.2, 0.25) is 10.0 Å². The van der Waals surface area contributed by atoms with Gasteiger partial charge >= 0.3 is 0 Å². The van der Waals surface area contributed by atoms with E-state index in [0.717, 1.165) is 12.1 Å². The number of nitro groups is 2. The maximum atomic E-state index is 12.2. The Morgan fingerprint density at radius 1 is 0.778 bits per heavy atom. The van der Waals surface area contributed by atoms with Crippen LogP contribution in [0.4, 0.5) is 11.4 Å². The minimum absolute atomic E-state index is 0.0267. The van der Waals surface area contributed by atoms with Crippen LogP contribution in [0.3, 0.4) is 0 Å². The van der Waals surface area contributed by atoms with E-state index in [9.17, 15) is 29.8 Å². The molecule has 1 saturated carbocycles. The van der Waals surface area contributed by atoms with E-state index in [0.29, 0.717) is 25.7 Å². The monoisotopic (exact) mass is 540 g/mol. The molecule has 0 unspecified atom stereocenters. The third-order valence-corrected chi connectivity index (χ3v) is 6.07. The van der Waals surface area contributed by atoms with Crippen LogP contribution in [0, 0.1) is 20.2 Å². The number of halogens is 2. The summed E-state index contributed by atoms with van der Waals surface area (Å²) in [5, 5.41) is 27.5. The van der Waals surface area contributed by atoms with Gasteiger partial charge in [0.2, 0.25) is 0 Å². The number of hydrogen-bond acceptors (Lipinski definition) is 8. The van der Waals surface area contributed by atoms with Crippen molar-refractivity contribution in [1.82, 2.24) is 10.6 Å². The summed E-state index contributed by atoms with van der Waals surface area (Å²) >= 11 is 11.5. The molecule has 0 atom stereocenters. The smallest absolute Gasteiger partial charge is 0.291 e. The predicted octanol–water partition coefficient (Wildman–Crippen LogP) is 3.81. The number of amides is 2. The lowest BCUT2D eigenvalue weighted by atomic mass is 9.91. The highest BCUT2D eigenvalue weighted by Gasteiger charge is 2.24. The third-order valence-electron chi connectivity index (χ3n) is 5.43. The topological polar surface area (TPSA) is 163 Å². The Bertz CT molecular complexity index is 1070. The molecule has 2 aromatic rings. The minimum Gasteiger partial charge on any atom is -0.484 e. The number of carbonyl (C=O) groups is 2. The van der Waals surface area contributed by atoms with Gasteiger partial charge in [-0.1, -0.05) is 23.2 Å². The second-order valence-corrected chi connectivity index (χ2v) is 8.82. The Hall–Kier alpha value is -3.64. The summed E-state index contributed by atoms with van der Waals surface area (Å²) in [5.41, 5.74) is -0.621. The molecule has 1 fully saturated rings. The highest BCUT2D eigenvalue weighted by molar-refractivity contribution is 6.33. The van der Waals surface area contributed by atoms with Crippen molar-refractivity contribution in [3.63, 3.8) is 0 Å². The first-order valence-corrected chi connectivity index (χ1v) is 11.6. The molecule has 0 spiro atoms. The van der Waals surface area contributed by atoms with E-state index >= 15 is 0 Å². The van der Waals surface area contributed by atoms with Crippen molar-refractivity contribution < 1.29 is 28.9 Å². The number of nitro benzene ring substituents is 2. The van der Waals surface area contributed by atoms with Crippen molar-refractivity contribution in [2.75, 3.05) is 13.2 Å². The van der Waals surface area contributed by atoms with Gasteiger partial charge in [0.25, 0.3) is 23.2 Å². The van der Waals surface area contributed by atoms with Crippen LogP contribution in [-0.2, 0) is 9.59 Å². The lowest BCUT2D eigenvalue weighted by Crippen LogP contribution is -2.45. The molecule has 2 amide bonds. The first kappa shape index (κ1) is 27.0. The van der Waals surface area contributed by atoms with E-state index in [2.05, 4.69) is 10.6 Å². The Labute approximate surface area is 215 Å². The van der Waals surface area contributed by atoms with Crippen molar-refractivity contribution in [2.45, 2.75) is 37.8 Å². The van der Waals surface area contributed by atoms with Gasteiger partial charge in [0, 0.05) is 12.1 Å². The molecule has 2 aromatic carbocycles. The largest absolute Gasteiger partial charge is 0.484 e. The Kier molecular flexibility index (Phi) is 9.25. The molecule has 36 heavy (non-hydrogen) atoms. The molecule has 0 saturated heterocycles. The van der Waals surface area contributed by atoms with E-state index in [1.807, 2.05) is 0 Å². The SMILES string of the molecule is O=C(COc1ccc(Cl)c([N+](=O)[O-])c1)NC1CCC(NC(=O)COc2ccc(Cl)c([N+](=O)[O-])c2)CC1. The van der Waals surface area contributed by atoms with Crippen LogP contribution in [-0.4, -0.2) is 47.0 Å². The number of nitrogens with zero attached hydrogens (tertiary/aromatic N) is 2. The first-order chi connectivity index (χ1) is 17.1. The molecule has 14 heteroatoms. The fourth-order valence-corrected chi connectivity index (χ4v) is 4.04. The Morgan fingerprint density at radius 3 is 1.47 bits per heavy atom. The van der Waals surface area contributed by atoms with E-state index in [1.54, 1.807) is 0 Å².